The largest absolute Gasteiger partial charge is 0.353 e. The summed E-state index contributed by atoms with van der Waals surface area (Å²) in [5.41, 5.74) is -0.765. The Hall–Kier alpha value is -0.630. The lowest BCUT2D eigenvalue weighted by Crippen LogP contribution is -2.55. The second-order valence-corrected chi connectivity index (χ2v) is 4.24. The van der Waals surface area contributed by atoms with Gasteiger partial charge in [0.25, 0.3) is 0 Å². The monoisotopic (exact) mass is 212 g/mol. The van der Waals surface area contributed by atoms with Crippen molar-refractivity contribution in [3.63, 3.8) is 0 Å². The molecular formula is C11H20N2O2. The van der Waals surface area contributed by atoms with Gasteiger partial charge in [-0.05, 0) is 19.8 Å². The molecule has 0 aromatic heterocycles. The molecule has 1 aliphatic carbocycles. The first-order chi connectivity index (χ1) is 7.16. The molecule has 1 saturated carbocycles. The highest BCUT2D eigenvalue weighted by molar-refractivity contribution is 5.08. The number of rotatable bonds is 5. The van der Waals surface area contributed by atoms with Crippen LogP contribution in [0.2, 0.25) is 0 Å². The van der Waals surface area contributed by atoms with E-state index in [0.717, 1.165) is 12.8 Å². The standard InChI is InChI=1S/C11H20N2O2/c1-11(8-12,10(14-2)15-3)13-9-6-4-5-7-9/h9-10,13H,4-7H2,1-3H3. The van der Waals surface area contributed by atoms with Gasteiger partial charge in [-0.3, -0.25) is 5.32 Å². The summed E-state index contributed by atoms with van der Waals surface area (Å²) in [7, 11) is 3.11. The van der Waals surface area contributed by atoms with Crippen molar-refractivity contribution in [2.75, 3.05) is 14.2 Å². The first-order valence-electron chi connectivity index (χ1n) is 5.41. The molecule has 4 heteroatoms. The zero-order chi connectivity index (χ0) is 11.3. The van der Waals surface area contributed by atoms with E-state index in [1.165, 1.54) is 12.8 Å². The molecule has 0 aromatic carbocycles. The quantitative estimate of drug-likeness (QED) is 0.700. The molecule has 1 fully saturated rings. The van der Waals surface area contributed by atoms with Crippen LogP contribution in [0.3, 0.4) is 0 Å². The molecule has 1 N–H and O–H groups in total. The topological polar surface area (TPSA) is 54.3 Å². The van der Waals surface area contributed by atoms with Gasteiger partial charge in [-0.25, -0.2) is 0 Å². The fourth-order valence-corrected chi connectivity index (χ4v) is 2.21. The van der Waals surface area contributed by atoms with E-state index in [9.17, 15) is 5.26 Å². The smallest absolute Gasteiger partial charge is 0.188 e. The first kappa shape index (κ1) is 12.4. The predicted octanol–water partition coefficient (Wildman–Crippen LogP) is 1.42. The molecule has 15 heavy (non-hydrogen) atoms. The number of ether oxygens (including phenoxy) is 2. The van der Waals surface area contributed by atoms with Crippen molar-refractivity contribution in [3.8, 4) is 6.07 Å². The summed E-state index contributed by atoms with van der Waals surface area (Å²) in [6, 6.07) is 2.67. The lowest BCUT2D eigenvalue weighted by molar-refractivity contribution is -0.138. The highest BCUT2D eigenvalue weighted by Crippen LogP contribution is 2.22. The van der Waals surface area contributed by atoms with Crippen molar-refractivity contribution in [3.05, 3.63) is 0 Å². The molecule has 1 unspecified atom stereocenters. The summed E-state index contributed by atoms with van der Waals surface area (Å²) in [6.45, 7) is 1.82. The van der Waals surface area contributed by atoms with E-state index in [2.05, 4.69) is 11.4 Å². The molecule has 0 radical (unpaired) electrons. The third-order valence-corrected chi connectivity index (χ3v) is 2.99. The summed E-state index contributed by atoms with van der Waals surface area (Å²) >= 11 is 0. The van der Waals surface area contributed by atoms with Crippen LogP contribution in [-0.2, 0) is 9.47 Å². The van der Waals surface area contributed by atoms with Crippen molar-refractivity contribution in [2.24, 2.45) is 0 Å². The highest BCUT2D eigenvalue weighted by atomic mass is 16.7. The van der Waals surface area contributed by atoms with E-state index in [-0.39, 0.29) is 0 Å². The molecule has 1 aliphatic rings. The molecule has 0 aliphatic heterocycles. The van der Waals surface area contributed by atoms with E-state index in [0.29, 0.717) is 6.04 Å². The van der Waals surface area contributed by atoms with Gasteiger partial charge in [0, 0.05) is 20.3 Å². The Morgan fingerprint density at radius 1 is 1.33 bits per heavy atom. The van der Waals surface area contributed by atoms with Crippen LogP contribution < -0.4 is 5.32 Å². The molecule has 0 heterocycles. The van der Waals surface area contributed by atoms with Gasteiger partial charge in [-0.15, -0.1) is 0 Å². The SMILES string of the molecule is COC(OC)C(C)(C#N)NC1CCCC1. The van der Waals surface area contributed by atoms with Crippen molar-refractivity contribution in [1.82, 2.24) is 5.32 Å². The summed E-state index contributed by atoms with van der Waals surface area (Å²) in [6.07, 6.45) is 4.23. The molecular weight excluding hydrogens is 192 g/mol. The Kier molecular flexibility index (Phi) is 4.52. The summed E-state index contributed by atoms with van der Waals surface area (Å²) < 4.78 is 10.3. The predicted molar refractivity (Wildman–Crippen MR) is 57.2 cm³/mol. The number of nitriles is 1. The van der Waals surface area contributed by atoms with Crippen LogP contribution >= 0.6 is 0 Å². The van der Waals surface area contributed by atoms with Crippen LogP contribution in [0, 0.1) is 11.3 Å². The van der Waals surface area contributed by atoms with Gasteiger partial charge in [-0.1, -0.05) is 12.8 Å². The second-order valence-electron chi connectivity index (χ2n) is 4.24. The van der Waals surface area contributed by atoms with Crippen LogP contribution in [0.1, 0.15) is 32.6 Å². The highest BCUT2D eigenvalue weighted by Gasteiger charge is 2.37. The summed E-state index contributed by atoms with van der Waals surface area (Å²) in [5.74, 6) is 0. The Balaban J connectivity index is 2.62. The number of hydrogen-bond donors (Lipinski definition) is 1. The van der Waals surface area contributed by atoms with Crippen molar-refractivity contribution < 1.29 is 9.47 Å². The van der Waals surface area contributed by atoms with E-state index in [4.69, 9.17) is 9.47 Å². The van der Waals surface area contributed by atoms with Gasteiger partial charge in [-0.2, -0.15) is 5.26 Å². The third kappa shape index (κ3) is 2.91. The van der Waals surface area contributed by atoms with Crippen LogP contribution in [-0.4, -0.2) is 32.1 Å². The first-order valence-corrected chi connectivity index (χ1v) is 5.41. The molecule has 4 nitrogen and oxygen atoms in total. The van der Waals surface area contributed by atoms with Gasteiger partial charge < -0.3 is 9.47 Å². The van der Waals surface area contributed by atoms with Crippen LogP contribution in [0.4, 0.5) is 0 Å². The minimum Gasteiger partial charge on any atom is -0.353 e. The number of nitrogens with zero attached hydrogens (tertiary/aromatic N) is 1. The van der Waals surface area contributed by atoms with Gasteiger partial charge in [0.05, 0.1) is 6.07 Å². The van der Waals surface area contributed by atoms with Crippen molar-refractivity contribution >= 4 is 0 Å². The van der Waals surface area contributed by atoms with Crippen LogP contribution in [0.25, 0.3) is 0 Å². The molecule has 0 aromatic rings. The van der Waals surface area contributed by atoms with Crippen molar-refractivity contribution in [1.29, 1.82) is 5.26 Å². The fourth-order valence-electron chi connectivity index (χ4n) is 2.21. The number of methoxy groups -OCH3 is 2. The van der Waals surface area contributed by atoms with E-state index in [1.807, 2.05) is 6.92 Å². The fraction of sp³-hybridized carbons (Fsp3) is 0.909. The Morgan fingerprint density at radius 3 is 2.27 bits per heavy atom. The minimum atomic E-state index is -0.765. The molecule has 1 atom stereocenters. The normalized spacial score (nSPS) is 21.5. The number of hydrogen-bond acceptors (Lipinski definition) is 4. The Morgan fingerprint density at radius 2 is 1.87 bits per heavy atom. The third-order valence-electron chi connectivity index (χ3n) is 2.99. The Bertz CT molecular complexity index is 229. The van der Waals surface area contributed by atoms with Gasteiger partial charge in [0.2, 0.25) is 0 Å². The maximum atomic E-state index is 9.21. The molecule has 1 rings (SSSR count). The molecule has 0 amide bonds. The zero-order valence-electron chi connectivity index (χ0n) is 9.75. The van der Waals surface area contributed by atoms with E-state index in [1.54, 1.807) is 14.2 Å². The van der Waals surface area contributed by atoms with Crippen LogP contribution in [0.15, 0.2) is 0 Å². The summed E-state index contributed by atoms with van der Waals surface area (Å²) in [4.78, 5) is 0. The summed E-state index contributed by atoms with van der Waals surface area (Å²) in [5, 5.41) is 12.5. The van der Waals surface area contributed by atoms with E-state index < -0.39 is 11.8 Å². The van der Waals surface area contributed by atoms with Crippen LogP contribution in [0.5, 0.6) is 0 Å². The zero-order valence-corrected chi connectivity index (χ0v) is 9.75. The second kappa shape index (κ2) is 5.45. The average Bonchev–Trinajstić information content (AvgIpc) is 2.72. The maximum absolute atomic E-state index is 9.21. The molecule has 0 saturated heterocycles. The van der Waals surface area contributed by atoms with Gasteiger partial charge >= 0.3 is 0 Å². The lowest BCUT2D eigenvalue weighted by Gasteiger charge is -2.32. The van der Waals surface area contributed by atoms with E-state index >= 15 is 0 Å². The van der Waals surface area contributed by atoms with Gasteiger partial charge in [0.1, 0.15) is 0 Å². The minimum absolute atomic E-state index is 0.419. The lowest BCUT2D eigenvalue weighted by atomic mass is 10.0. The van der Waals surface area contributed by atoms with Crippen molar-refractivity contribution in [2.45, 2.75) is 50.5 Å². The van der Waals surface area contributed by atoms with Gasteiger partial charge in [0.15, 0.2) is 11.8 Å². The average molecular weight is 212 g/mol. The molecule has 0 spiro atoms. The molecule has 0 bridgehead atoms. The number of nitrogens with one attached hydrogen (secondary N) is 1. The molecule has 86 valence electrons. The Labute approximate surface area is 91.6 Å². The maximum Gasteiger partial charge on any atom is 0.188 e.